The van der Waals surface area contributed by atoms with E-state index in [-0.39, 0.29) is 5.78 Å². The first-order chi connectivity index (χ1) is 8.69. The molecule has 0 saturated heterocycles. The Labute approximate surface area is 120 Å². The summed E-state index contributed by atoms with van der Waals surface area (Å²) < 4.78 is 1.01. The van der Waals surface area contributed by atoms with Crippen LogP contribution in [0.15, 0.2) is 57.9 Å². The predicted octanol–water partition coefficient (Wildman–Crippen LogP) is 4.60. The lowest BCUT2D eigenvalue weighted by Crippen LogP contribution is -2.03. The summed E-state index contributed by atoms with van der Waals surface area (Å²) in [6.45, 7) is 0. The Morgan fingerprint density at radius 2 is 1.89 bits per heavy atom. The first-order valence-electron chi connectivity index (χ1n) is 5.61. The Balaban J connectivity index is 2.11. The zero-order chi connectivity index (χ0) is 13.0. The molecule has 0 N–H and O–H groups in total. The van der Waals surface area contributed by atoms with E-state index in [9.17, 15) is 4.79 Å². The van der Waals surface area contributed by atoms with Crippen molar-refractivity contribution in [3.05, 3.63) is 64.1 Å². The fraction of sp³-hybridized carbons (Fsp3) is 0.133. The Kier molecular flexibility index (Phi) is 4.61. The standard InChI is InChI=1S/C15H13BrOS/c1-18-14-7-5-12(6-8-14)15(17)10-11-3-2-4-13(16)9-11/h2-9H,10H2,1H3. The Morgan fingerprint density at radius 3 is 2.50 bits per heavy atom. The molecule has 0 heterocycles. The van der Waals surface area contributed by atoms with Gasteiger partial charge in [-0.1, -0.05) is 40.2 Å². The Morgan fingerprint density at radius 1 is 1.17 bits per heavy atom. The zero-order valence-corrected chi connectivity index (χ0v) is 12.4. The lowest BCUT2D eigenvalue weighted by atomic mass is 10.0. The number of hydrogen-bond donors (Lipinski definition) is 0. The lowest BCUT2D eigenvalue weighted by Gasteiger charge is -2.03. The van der Waals surface area contributed by atoms with Crippen LogP contribution in [-0.4, -0.2) is 12.0 Å². The summed E-state index contributed by atoms with van der Waals surface area (Å²) in [5, 5.41) is 0. The summed E-state index contributed by atoms with van der Waals surface area (Å²) >= 11 is 5.09. The minimum Gasteiger partial charge on any atom is -0.294 e. The maximum atomic E-state index is 12.1. The van der Waals surface area contributed by atoms with Crippen LogP contribution in [-0.2, 0) is 6.42 Å². The van der Waals surface area contributed by atoms with Crippen LogP contribution in [0.2, 0.25) is 0 Å². The second kappa shape index (κ2) is 6.21. The number of carbonyl (C=O) groups excluding carboxylic acids is 1. The molecule has 2 aromatic rings. The van der Waals surface area contributed by atoms with Gasteiger partial charge in [-0.25, -0.2) is 0 Å². The summed E-state index contributed by atoms with van der Waals surface area (Å²) in [5.41, 5.74) is 1.80. The maximum absolute atomic E-state index is 12.1. The van der Waals surface area contributed by atoms with Crippen LogP contribution in [0.1, 0.15) is 15.9 Å². The zero-order valence-electron chi connectivity index (χ0n) is 10.0. The molecule has 92 valence electrons. The second-order valence-electron chi connectivity index (χ2n) is 3.96. The van der Waals surface area contributed by atoms with Gasteiger partial charge >= 0.3 is 0 Å². The van der Waals surface area contributed by atoms with Crippen molar-refractivity contribution in [3.8, 4) is 0 Å². The van der Waals surface area contributed by atoms with Crippen molar-refractivity contribution in [1.82, 2.24) is 0 Å². The molecule has 0 radical (unpaired) electrons. The number of halogens is 1. The molecule has 2 aromatic carbocycles. The van der Waals surface area contributed by atoms with Crippen molar-refractivity contribution in [3.63, 3.8) is 0 Å². The highest BCUT2D eigenvalue weighted by molar-refractivity contribution is 9.10. The molecule has 3 heteroatoms. The average Bonchev–Trinajstić information content (AvgIpc) is 2.39. The van der Waals surface area contributed by atoms with Gasteiger partial charge < -0.3 is 0 Å². The Hall–Kier alpha value is -1.06. The first-order valence-corrected chi connectivity index (χ1v) is 7.62. The molecule has 0 aliphatic rings. The number of ketones is 1. The summed E-state index contributed by atoms with van der Waals surface area (Å²) in [6.07, 6.45) is 2.47. The first kappa shape index (κ1) is 13.4. The van der Waals surface area contributed by atoms with Gasteiger partial charge in [-0.2, -0.15) is 0 Å². The molecule has 0 atom stereocenters. The minimum absolute atomic E-state index is 0.153. The molecule has 1 nitrogen and oxygen atoms in total. The summed E-state index contributed by atoms with van der Waals surface area (Å²) in [7, 11) is 0. The van der Waals surface area contributed by atoms with E-state index in [1.54, 1.807) is 11.8 Å². The molecular formula is C15H13BrOS. The van der Waals surface area contributed by atoms with Crippen LogP contribution in [0.5, 0.6) is 0 Å². The van der Waals surface area contributed by atoms with E-state index in [0.29, 0.717) is 6.42 Å². The van der Waals surface area contributed by atoms with Gasteiger partial charge in [0.2, 0.25) is 0 Å². The summed E-state index contributed by atoms with van der Waals surface area (Å²) in [4.78, 5) is 13.3. The van der Waals surface area contributed by atoms with E-state index in [4.69, 9.17) is 0 Å². The molecule has 0 aliphatic carbocycles. The van der Waals surface area contributed by atoms with Crippen molar-refractivity contribution in [2.45, 2.75) is 11.3 Å². The molecule has 0 bridgehead atoms. The third kappa shape index (κ3) is 3.47. The van der Waals surface area contributed by atoms with Crippen molar-refractivity contribution >= 4 is 33.5 Å². The number of benzene rings is 2. The van der Waals surface area contributed by atoms with E-state index < -0.39 is 0 Å². The van der Waals surface area contributed by atoms with Crippen LogP contribution < -0.4 is 0 Å². The average molecular weight is 321 g/mol. The van der Waals surface area contributed by atoms with Gasteiger partial charge in [0, 0.05) is 21.4 Å². The second-order valence-corrected chi connectivity index (χ2v) is 5.75. The van der Waals surface area contributed by atoms with Gasteiger partial charge in [0.05, 0.1) is 0 Å². The highest BCUT2D eigenvalue weighted by Gasteiger charge is 2.07. The molecular weight excluding hydrogens is 308 g/mol. The van der Waals surface area contributed by atoms with E-state index in [1.807, 2.05) is 54.8 Å². The molecule has 0 spiro atoms. The molecule has 0 amide bonds. The number of thioether (sulfide) groups is 1. The summed E-state index contributed by atoms with van der Waals surface area (Å²) in [6, 6.07) is 15.6. The van der Waals surface area contributed by atoms with Gasteiger partial charge in [0.15, 0.2) is 5.78 Å². The third-order valence-corrected chi connectivity index (χ3v) is 3.90. The van der Waals surface area contributed by atoms with Crippen LogP contribution >= 0.6 is 27.7 Å². The highest BCUT2D eigenvalue weighted by Crippen LogP contribution is 2.17. The third-order valence-electron chi connectivity index (χ3n) is 2.67. The fourth-order valence-electron chi connectivity index (χ4n) is 1.71. The molecule has 0 fully saturated rings. The van der Waals surface area contributed by atoms with E-state index in [0.717, 1.165) is 15.6 Å². The molecule has 0 aromatic heterocycles. The SMILES string of the molecule is CSc1ccc(C(=O)Cc2cccc(Br)c2)cc1. The monoisotopic (exact) mass is 320 g/mol. The number of Topliss-reactive ketones (excluding diaryl/α,β-unsaturated/α-hetero) is 1. The van der Waals surface area contributed by atoms with Crippen molar-refractivity contribution in [2.75, 3.05) is 6.26 Å². The number of carbonyl (C=O) groups is 1. The predicted molar refractivity (Wildman–Crippen MR) is 80.4 cm³/mol. The van der Waals surface area contributed by atoms with E-state index in [1.165, 1.54) is 4.90 Å². The van der Waals surface area contributed by atoms with Gasteiger partial charge in [-0.3, -0.25) is 4.79 Å². The Bertz CT molecular complexity index is 549. The van der Waals surface area contributed by atoms with Crippen molar-refractivity contribution in [2.24, 2.45) is 0 Å². The van der Waals surface area contributed by atoms with Gasteiger partial charge in [0.25, 0.3) is 0 Å². The molecule has 0 saturated carbocycles. The number of hydrogen-bond acceptors (Lipinski definition) is 2. The topological polar surface area (TPSA) is 17.1 Å². The molecule has 2 rings (SSSR count). The van der Waals surface area contributed by atoms with Crippen molar-refractivity contribution < 1.29 is 4.79 Å². The number of rotatable bonds is 4. The van der Waals surface area contributed by atoms with Crippen LogP contribution in [0.4, 0.5) is 0 Å². The van der Waals surface area contributed by atoms with Crippen LogP contribution in [0, 0.1) is 0 Å². The fourth-order valence-corrected chi connectivity index (χ4v) is 2.57. The highest BCUT2D eigenvalue weighted by atomic mass is 79.9. The summed E-state index contributed by atoms with van der Waals surface area (Å²) in [5.74, 6) is 0.153. The molecule has 18 heavy (non-hydrogen) atoms. The van der Waals surface area contributed by atoms with Gasteiger partial charge in [-0.15, -0.1) is 11.8 Å². The van der Waals surface area contributed by atoms with Gasteiger partial charge in [0.1, 0.15) is 0 Å². The normalized spacial score (nSPS) is 10.3. The van der Waals surface area contributed by atoms with Gasteiger partial charge in [-0.05, 0) is 36.1 Å². The van der Waals surface area contributed by atoms with E-state index in [2.05, 4.69) is 15.9 Å². The maximum Gasteiger partial charge on any atom is 0.167 e. The molecule has 0 aliphatic heterocycles. The largest absolute Gasteiger partial charge is 0.294 e. The van der Waals surface area contributed by atoms with E-state index >= 15 is 0 Å². The quantitative estimate of drug-likeness (QED) is 0.605. The van der Waals surface area contributed by atoms with Crippen LogP contribution in [0.3, 0.4) is 0 Å². The minimum atomic E-state index is 0.153. The van der Waals surface area contributed by atoms with Crippen LogP contribution in [0.25, 0.3) is 0 Å². The molecule has 0 unspecified atom stereocenters. The smallest absolute Gasteiger partial charge is 0.167 e. The van der Waals surface area contributed by atoms with Crippen molar-refractivity contribution in [1.29, 1.82) is 0 Å². The lowest BCUT2D eigenvalue weighted by molar-refractivity contribution is 0.0993.